The van der Waals surface area contributed by atoms with Gasteiger partial charge in [-0.15, -0.1) is 0 Å². The SMILES string of the molecule is F[n+]1ccccc1.c1ccc([B-](c2ccccc2)(c2ccccc2)c2ccccc2)cc1. The van der Waals surface area contributed by atoms with Crippen LogP contribution in [0.5, 0.6) is 0 Å². The molecule has 0 saturated carbocycles. The Morgan fingerprint density at radius 2 is 0.625 bits per heavy atom. The first-order chi connectivity index (χ1) is 15.8. The second-order valence-corrected chi connectivity index (χ2v) is 7.73. The van der Waals surface area contributed by atoms with Gasteiger partial charge in [0.15, 0.2) is 0 Å². The summed E-state index contributed by atoms with van der Waals surface area (Å²) in [5, 5.41) is 0. The van der Waals surface area contributed by atoms with E-state index >= 15 is 0 Å². The molecule has 0 aliphatic rings. The summed E-state index contributed by atoms with van der Waals surface area (Å²) < 4.78 is 11.8. The molecule has 0 N–H and O–H groups in total. The zero-order valence-corrected chi connectivity index (χ0v) is 17.8. The second kappa shape index (κ2) is 10.4. The summed E-state index contributed by atoms with van der Waals surface area (Å²) in [5.74, 6) is 0. The third-order valence-electron chi connectivity index (χ3n) is 5.88. The normalized spacial score (nSPS) is 10.7. The van der Waals surface area contributed by atoms with Crippen molar-refractivity contribution in [3.8, 4) is 0 Å². The molecule has 0 amide bonds. The molecule has 0 atom stereocenters. The van der Waals surface area contributed by atoms with Gasteiger partial charge in [0.05, 0.1) is 4.48 Å². The molecule has 1 aromatic heterocycles. The molecule has 5 rings (SSSR count). The third-order valence-corrected chi connectivity index (χ3v) is 5.88. The van der Waals surface area contributed by atoms with Crippen LogP contribution in [0.15, 0.2) is 152 Å². The van der Waals surface area contributed by atoms with Crippen LogP contribution in [0, 0.1) is 0 Å². The molecule has 1 nitrogen and oxygen atoms in total. The van der Waals surface area contributed by atoms with Crippen molar-refractivity contribution in [1.82, 2.24) is 0 Å². The molecule has 0 unspecified atom stereocenters. The zero-order chi connectivity index (χ0) is 22.1. The van der Waals surface area contributed by atoms with E-state index in [2.05, 4.69) is 121 Å². The van der Waals surface area contributed by atoms with Crippen LogP contribution in [0.4, 0.5) is 4.48 Å². The van der Waals surface area contributed by atoms with Crippen LogP contribution in [0.25, 0.3) is 0 Å². The Bertz CT molecular complexity index is 1040. The van der Waals surface area contributed by atoms with Gasteiger partial charge in [-0.25, -0.2) is 0 Å². The van der Waals surface area contributed by atoms with Crippen molar-refractivity contribution >= 4 is 28.0 Å². The molecule has 0 aliphatic carbocycles. The maximum Gasteiger partial charge on any atom is 0.218 e. The van der Waals surface area contributed by atoms with Gasteiger partial charge in [0, 0.05) is 16.9 Å². The fourth-order valence-corrected chi connectivity index (χ4v) is 4.50. The van der Waals surface area contributed by atoms with Gasteiger partial charge in [-0.05, 0) is 0 Å². The van der Waals surface area contributed by atoms with Crippen LogP contribution in [0.2, 0.25) is 0 Å². The number of pyridine rings is 1. The van der Waals surface area contributed by atoms with E-state index in [-0.39, 0.29) is 0 Å². The lowest BCUT2D eigenvalue weighted by atomic mass is 9.13. The number of hydrogen-bond donors (Lipinski definition) is 0. The predicted octanol–water partition coefficient (Wildman–Crippen LogP) is 3.77. The summed E-state index contributed by atoms with van der Waals surface area (Å²) in [6, 6.07) is 48.5. The third kappa shape index (κ3) is 4.52. The van der Waals surface area contributed by atoms with Gasteiger partial charge >= 0.3 is 0 Å². The van der Waals surface area contributed by atoms with Crippen molar-refractivity contribution in [3.05, 3.63) is 152 Å². The molecule has 0 saturated heterocycles. The standard InChI is InChI=1S/C24H20B.C5H5FN/c1-5-13-21(14-6-1)25(22-15-7-2-8-16-22,23-17-9-3-10-18-23)24-19-11-4-12-20-24;6-7-4-2-1-3-5-7/h1-20H;1-5H/q-1;+1. The molecule has 0 spiro atoms. The van der Waals surface area contributed by atoms with Crippen molar-refractivity contribution in [1.29, 1.82) is 0 Å². The van der Waals surface area contributed by atoms with E-state index in [1.165, 1.54) is 34.2 Å². The van der Waals surface area contributed by atoms with E-state index in [4.69, 9.17) is 0 Å². The summed E-state index contributed by atoms with van der Waals surface area (Å²) >= 11 is 0. The molecule has 4 aromatic carbocycles. The smallest absolute Gasteiger partial charge is 0.195 e. The van der Waals surface area contributed by atoms with E-state index in [1.54, 1.807) is 18.2 Å². The quantitative estimate of drug-likeness (QED) is 0.392. The van der Waals surface area contributed by atoms with Gasteiger partial charge in [0.25, 0.3) is 0 Å². The van der Waals surface area contributed by atoms with Crippen molar-refractivity contribution in [3.63, 3.8) is 0 Å². The highest BCUT2D eigenvalue weighted by atomic mass is 19.2. The Labute approximate surface area is 189 Å². The fourth-order valence-electron chi connectivity index (χ4n) is 4.50. The first kappa shape index (κ1) is 21.3. The van der Waals surface area contributed by atoms with Gasteiger partial charge in [-0.3, -0.25) is 0 Å². The first-order valence-corrected chi connectivity index (χ1v) is 10.8. The Balaban J connectivity index is 0.000000300. The summed E-state index contributed by atoms with van der Waals surface area (Å²) in [4.78, 5) is 0.500. The van der Waals surface area contributed by atoms with Crippen LogP contribution in [-0.4, -0.2) is 6.15 Å². The van der Waals surface area contributed by atoms with E-state index in [9.17, 15) is 4.48 Å². The van der Waals surface area contributed by atoms with E-state index in [1.807, 2.05) is 0 Å². The van der Waals surface area contributed by atoms with Crippen LogP contribution >= 0.6 is 0 Å². The van der Waals surface area contributed by atoms with Crippen LogP contribution in [0.1, 0.15) is 0 Å². The molecule has 156 valence electrons. The number of halogens is 1. The van der Waals surface area contributed by atoms with Crippen LogP contribution in [-0.2, 0) is 0 Å². The summed E-state index contributed by atoms with van der Waals surface area (Å²) in [7, 11) is 0. The summed E-state index contributed by atoms with van der Waals surface area (Å²) in [6.07, 6.45) is 1.45. The second-order valence-electron chi connectivity index (χ2n) is 7.73. The average Bonchev–Trinajstić information content (AvgIpc) is 2.88. The lowest BCUT2D eigenvalue weighted by Crippen LogP contribution is -2.74. The van der Waals surface area contributed by atoms with E-state index in [0.29, 0.717) is 4.79 Å². The number of aromatic nitrogens is 1. The minimum absolute atomic E-state index is 0.500. The fraction of sp³-hybridized carbons (Fsp3) is 0. The van der Waals surface area contributed by atoms with Crippen molar-refractivity contribution in [2.75, 3.05) is 0 Å². The summed E-state index contributed by atoms with van der Waals surface area (Å²) in [5.41, 5.74) is 5.36. The molecular formula is C29H25BFN. The Hall–Kier alpha value is -3.98. The number of hydrogen-bond acceptors (Lipinski definition) is 0. The lowest BCUT2D eigenvalue weighted by molar-refractivity contribution is -0.843. The Kier molecular flexibility index (Phi) is 6.89. The maximum atomic E-state index is 11.8. The lowest BCUT2D eigenvalue weighted by Gasteiger charge is -2.44. The molecule has 3 heteroatoms. The highest BCUT2D eigenvalue weighted by Gasteiger charge is 2.30. The van der Waals surface area contributed by atoms with Crippen LogP contribution < -0.4 is 26.6 Å². The molecule has 0 aliphatic heterocycles. The van der Waals surface area contributed by atoms with Crippen molar-refractivity contribution in [2.45, 2.75) is 0 Å². The van der Waals surface area contributed by atoms with Gasteiger partial charge < -0.3 is 0 Å². The molecule has 5 aromatic rings. The van der Waals surface area contributed by atoms with Crippen molar-refractivity contribution in [2.24, 2.45) is 0 Å². The van der Waals surface area contributed by atoms with Crippen LogP contribution in [0.3, 0.4) is 0 Å². The maximum absolute atomic E-state index is 11.8. The molecule has 0 radical (unpaired) electrons. The van der Waals surface area contributed by atoms with E-state index in [0.717, 1.165) is 0 Å². The molecule has 32 heavy (non-hydrogen) atoms. The number of nitrogens with zero attached hydrogens (tertiary/aromatic N) is 1. The molecule has 0 bridgehead atoms. The highest BCUT2D eigenvalue weighted by Crippen LogP contribution is 2.09. The largest absolute Gasteiger partial charge is 0.218 e. The first-order valence-electron chi connectivity index (χ1n) is 10.8. The number of benzene rings is 4. The topological polar surface area (TPSA) is 3.88 Å². The van der Waals surface area contributed by atoms with Gasteiger partial charge in [-0.1, -0.05) is 127 Å². The highest BCUT2D eigenvalue weighted by molar-refractivity contribution is 7.19. The Morgan fingerprint density at radius 3 is 0.844 bits per heavy atom. The minimum Gasteiger partial charge on any atom is -0.195 e. The van der Waals surface area contributed by atoms with Crippen molar-refractivity contribution < 1.29 is 9.27 Å². The monoisotopic (exact) mass is 417 g/mol. The molecule has 0 fully saturated rings. The predicted molar refractivity (Wildman–Crippen MR) is 133 cm³/mol. The Morgan fingerprint density at radius 1 is 0.375 bits per heavy atom. The average molecular weight is 417 g/mol. The molecular weight excluding hydrogens is 392 g/mol. The van der Waals surface area contributed by atoms with Gasteiger partial charge in [0.1, 0.15) is 6.15 Å². The summed E-state index contributed by atoms with van der Waals surface area (Å²) in [6.45, 7) is 0. The van der Waals surface area contributed by atoms with E-state index < -0.39 is 6.15 Å². The number of rotatable bonds is 4. The molecule has 1 heterocycles. The minimum atomic E-state index is -1.22. The van der Waals surface area contributed by atoms with Gasteiger partial charge in [-0.2, -0.15) is 21.9 Å². The van der Waals surface area contributed by atoms with Gasteiger partial charge in [0.2, 0.25) is 12.4 Å². The zero-order valence-electron chi connectivity index (χ0n) is 17.8.